The maximum Gasteiger partial charge on any atom is 0.244 e. The summed E-state index contributed by atoms with van der Waals surface area (Å²) >= 11 is 0. The van der Waals surface area contributed by atoms with Crippen molar-refractivity contribution in [1.82, 2.24) is 10.2 Å². The zero-order valence-corrected chi connectivity index (χ0v) is 11.7. The molecular formula is C13H25N3O2. The molecule has 104 valence electrons. The first-order valence-corrected chi connectivity index (χ1v) is 6.73. The first-order valence-electron chi connectivity index (χ1n) is 6.73. The smallest absolute Gasteiger partial charge is 0.244 e. The standard InChI is InChI=1S/C13H25N3O2/c1-4-16(3)11(17)10(2)15-12(18)13(9-14)7-5-6-8-13/h10H,4-9,14H2,1-3H3,(H,15,18). The molecule has 1 saturated carbocycles. The van der Waals surface area contributed by atoms with E-state index in [1.165, 1.54) is 0 Å². The molecule has 0 aromatic carbocycles. The minimum Gasteiger partial charge on any atom is -0.344 e. The predicted molar refractivity (Wildman–Crippen MR) is 70.9 cm³/mol. The van der Waals surface area contributed by atoms with Crippen LogP contribution in [0.5, 0.6) is 0 Å². The Hall–Kier alpha value is -1.10. The summed E-state index contributed by atoms with van der Waals surface area (Å²) in [5.41, 5.74) is 5.31. The van der Waals surface area contributed by atoms with Crippen LogP contribution >= 0.6 is 0 Å². The molecule has 1 fully saturated rings. The Morgan fingerprint density at radius 3 is 2.39 bits per heavy atom. The summed E-state index contributed by atoms with van der Waals surface area (Å²) in [7, 11) is 1.74. The van der Waals surface area contributed by atoms with Gasteiger partial charge in [0.2, 0.25) is 11.8 Å². The van der Waals surface area contributed by atoms with E-state index in [0.29, 0.717) is 13.1 Å². The van der Waals surface area contributed by atoms with Gasteiger partial charge in [-0.05, 0) is 26.7 Å². The van der Waals surface area contributed by atoms with Gasteiger partial charge >= 0.3 is 0 Å². The summed E-state index contributed by atoms with van der Waals surface area (Å²) in [6.07, 6.45) is 3.75. The van der Waals surface area contributed by atoms with E-state index in [2.05, 4.69) is 5.32 Å². The molecule has 5 heteroatoms. The van der Waals surface area contributed by atoms with E-state index in [9.17, 15) is 9.59 Å². The molecule has 2 amide bonds. The van der Waals surface area contributed by atoms with Crippen molar-refractivity contribution >= 4 is 11.8 Å². The van der Waals surface area contributed by atoms with Crippen LogP contribution in [0.15, 0.2) is 0 Å². The second-order valence-corrected chi connectivity index (χ2v) is 5.24. The monoisotopic (exact) mass is 255 g/mol. The average molecular weight is 255 g/mol. The Bertz CT molecular complexity index is 311. The number of hydrogen-bond donors (Lipinski definition) is 2. The zero-order chi connectivity index (χ0) is 13.8. The van der Waals surface area contributed by atoms with Crippen molar-refractivity contribution in [1.29, 1.82) is 0 Å². The molecule has 3 N–H and O–H groups in total. The van der Waals surface area contributed by atoms with Crippen LogP contribution < -0.4 is 11.1 Å². The second kappa shape index (κ2) is 6.18. The van der Waals surface area contributed by atoms with Gasteiger partial charge in [-0.25, -0.2) is 0 Å². The number of carbonyl (C=O) groups is 2. The van der Waals surface area contributed by atoms with Gasteiger partial charge in [-0.2, -0.15) is 0 Å². The summed E-state index contributed by atoms with van der Waals surface area (Å²) in [5.74, 6) is -0.121. The van der Waals surface area contributed by atoms with Crippen LogP contribution in [-0.2, 0) is 9.59 Å². The third-order valence-corrected chi connectivity index (χ3v) is 4.00. The van der Waals surface area contributed by atoms with Gasteiger partial charge < -0.3 is 16.0 Å². The number of nitrogens with two attached hydrogens (primary N) is 1. The lowest BCUT2D eigenvalue weighted by atomic mass is 9.85. The van der Waals surface area contributed by atoms with E-state index in [1.807, 2.05) is 6.92 Å². The first-order chi connectivity index (χ1) is 8.46. The lowest BCUT2D eigenvalue weighted by Crippen LogP contribution is -2.52. The van der Waals surface area contributed by atoms with Crippen LogP contribution in [0.25, 0.3) is 0 Å². The van der Waals surface area contributed by atoms with Crippen LogP contribution in [-0.4, -0.2) is 42.9 Å². The van der Waals surface area contributed by atoms with Gasteiger partial charge in [0.15, 0.2) is 0 Å². The van der Waals surface area contributed by atoms with Crippen molar-refractivity contribution in [2.75, 3.05) is 20.1 Å². The maximum atomic E-state index is 12.3. The summed E-state index contributed by atoms with van der Waals surface area (Å²) in [6.45, 7) is 4.64. The minimum atomic E-state index is -0.480. The average Bonchev–Trinajstić information content (AvgIpc) is 2.86. The summed E-state index contributed by atoms with van der Waals surface area (Å²) in [5, 5.41) is 2.82. The molecule has 0 heterocycles. The van der Waals surface area contributed by atoms with Gasteiger partial charge in [0, 0.05) is 20.1 Å². The summed E-state index contributed by atoms with van der Waals surface area (Å²) in [4.78, 5) is 25.8. The third-order valence-electron chi connectivity index (χ3n) is 4.00. The van der Waals surface area contributed by atoms with E-state index in [-0.39, 0.29) is 11.8 Å². The van der Waals surface area contributed by atoms with Gasteiger partial charge in [0.05, 0.1) is 5.41 Å². The minimum absolute atomic E-state index is 0.0592. The molecule has 0 aromatic heterocycles. The Morgan fingerprint density at radius 2 is 1.94 bits per heavy atom. The lowest BCUT2D eigenvalue weighted by molar-refractivity contribution is -0.138. The van der Waals surface area contributed by atoms with Crippen LogP contribution in [0, 0.1) is 5.41 Å². The lowest BCUT2D eigenvalue weighted by Gasteiger charge is -2.28. The quantitative estimate of drug-likeness (QED) is 0.750. The molecule has 1 aliphatic rings. The molecule has 1 aliphatic carbocycles. The predicted octanol–water partition coefficient (Wildman–Crippen LogP) is 0.489. The van der Waals surface area contributed by atoms with Crippen molar-refractivity contribution in [3.8, 4) is 0 Å². The highest BCUT2D eigenvalue weighted by Crippen LogP contribution is 2.37. The third kappa shape index (κ3) is 3.02. The molecule has 18 heavy (non-hydrogen) atoms. The summed E-state index contributed by atoms with van der Waals surface area (Å²) in [6, 6.07) is -0.480. The highest BCUT2D eigenvalue weighted by Gasteiger charge is 2.40. The Kier molecular flexibility index (Phi) is 5.14. The largest absolute Gasteiger partial charge is 0.344 e. The van der Waals surface area contributed by atoms with E-state index in [0.717, 1.165) is 25.7 Å². The van der Waals surface area contributed by atoms with E-state index in [4.69, 9.17) is 5.73 Å². The number of nitrogens with one attached hydrogen (secondary N) is 1. The molecule has 0 spiro atoms. The van der Waals surface area contributed by atoms with Gasteiger partial charge in [-0.1, -0.05) is 12.8 Å². The molecule has 5 nitrogen and oxygen atoms in total. The Balaban J connectivity index is 2.61. The van der Waals surface area contributed by atoms with Crippen molar-refractivity contribution in [2.45, 2.75) is 45.6 Å². The van der Waals surface area contributed by atoms with E-state index >= 15 is 0 Å². The van der Waals surface area contributed by atoms with Crippen LogP contribution in [0.4, 0.5) is 0 Å². The number of amides is 2. The molecule has 1 unspecified atom stereocenters. The first kappa shape index (κ1) is 15.0. The number of likely N-dealkylation sites (N-methyl/N-ethyl adjacent to an activating group) is 1. The van der Waals surface area contributed by atoms with Crippen LogP contribution in [0.1, 0.15) is 39.5 Å². The second-order valence-electron chi connectivity index (χ2n) is 5.24. The van der Waals surface area contributed by atoms with E-state index < -0.39 is 11.5 Å². The Labute approximate surface area is 109 Å². The summed E-state index contributed by atoms with van der Waals surface area (Å²) < 4.78 is 0. The number of carbonyl (C=O) groups excluding carboxylic acids is 2. The van der Waals surface area contributed by atoms with Gasteiger partial charge in [-0.3, -0.25) is 9.59 Å². The van der Waals surface area contributed by atoms with Crippen molar-refractivity contribution in [3.63, 3.8) is 0 Å². The van der Waals surface area contributed by atoms with Crippen LogP contribution in [0.3, 0.4) is 0 Å². The van der Waals surface area contributed by atoms with Gasteiger partial charge in [0.1, 0.15) is 6.04 Å². The fraction of sp³-hybridized carbons (Fsp3) is 0.846. The molecule has 0 aromatic rings. The fourth-order valence-corrected chi connectivity index (χ4v) is 2.47. The van der Waals surface area contributed by atoms with Gasteiger partial charge in [0.25, 0.3) is 0 Å². The molecule has 0 aliphatic heterocycles. The molecule has 0 bridgehead atoms. The SMILES string of the molecule is CCN(C)C(=O)C(C)NC(=O)C1(CN)CCCC1. The van der Waals surface area contributed by atoms with Crippen molar-refractivity contribution in [3.05, 3.63) is 0 Å². The maximum absolute atomic E-state index is 12.3. The van der Waals surface area contributed by atoms with E-state index in [1.54, 1.807) is 18.9 Å². The fourth-order valence-electron chi connectivity index (χ4n) is 2.47. The zero-order valence-electron chi connectivity index (χ0n) is 11.7. The number of hydrogen-bond acceptors (Lipinski definition) is 3. The topological polar surface area (TPSA) is 75.4 Å². The molecule has 1 rings (SSSR count). The molecular weight excluding hydrogens is 230 g/mol. The van der Waals surface area contributed by atoms with Crippen LogP contribution in [0.2, 0.25) is 0 Å². The molecule has 1 atom stereocenters. The van der Waals surface area contributed by atoms with Gasteiger partial charge in [-0.15, -0.1) is 0 Å². The van der Waals surface area contributed by atoms with Crippen molar-refractivity contribution < 1.29 is 9.59 Å². The number of nitrogens with zero attached hydrogens (tertiary/aromatic N) is 1. The highest BCUT2D eigenvalue weighted by atomic mass is 16.2. The van der Waals surface area contributed by atoms with Crippen molar-refractivity contribution in [2.24, 2.45) is 11.1 Å². The highest BCUT2D eigenvalue weighted by molar-refractivity contribution is 5.90. The normalized spacial score (nSPS) is 19.3. The Morgan fingerprint density at radius 1 is 1.39 bits per heavy atom. The molecule has 0 saturated heterocycles. The number of rotatable bonds is 5. The molecule has 0 radical (unpaired) electrons.